The second-order valence-electron chi connectivity index (χ2n) is 12.4. The van der Waals surface area contributed by atoms with E-state index in [1.807, 2.05) is 0 Å². The number of ether oxygens (including phenoxy) is 1. The first-order valence-electron chi connectivity index (χ1n) is 13.3. The third kappa shape index (κ3) is 4.05. The van der Waals surface area contributed by atoms with Gasteiger partial charge in [0.25, 0.3) is 0 Å². The van der Waals surface area contributed by atoms with Gasteiger partial charge >= 0.3 is 5.97 Å². The van der Waals surface area contributed by atoms with Crippen molar-refractivity contribution < 1.29 is 9.53 Å². The Kier molecular flexibility index (Phi) is 6.56. The zero-order valence-electron chi connectivity index (χ0n) is 21.6. The zero-order valence-corrected chi connectivity index (χ0v) is 21.6. The zero-order chi connectivity index (χ0) is 23.3. The normalized spacial score (nSPS) is 40.8. The van der Waals surface area contributed by atoms with Crippen LogP contribution in [0.5, 0.6) is 0 Å². The van der Waals surface area contributed by atoms with Crippen molar-refractivity contribution in [3.63, 3.8) is 0 Å². The molecule has 3 fully saturated rings. The molecule has 0 spiro atoms. The molecule has 4 aliphatic rings. The molecule has 2 heteroatoms. The molecule has 0 aromatic heterocycles. The fourth-order valence-electron chi connectivity index (χ4n) is 7.92. The molecule has 0 bridgehead atoms. The molecule has 32 heavy (non-hydrogen) atoms. The van der Waals surface area contributed by atoms with E-state index >= 15 is 0 Å². The summed E-state index contributed by atoms with van der Waals surface area (Å²) < 4.78 is 5.59. The molecule has 2 nitrogen and oxygen atoms in total. The molecular formula is C30H46O2. The third-order valence-corrected chi connectivity index (χ3v) is 10.3. The number of rotatable bonds is 5. The predicted molar refractivity (Wildman–Crippen MR) is 133 cm³/mol. The van der Waals surface area contributed by atoms with Crippen molar-refractivity contribution in [1.82, 2.24) is 0 Å². The van der Waals surface area contributed by atoms with Gasteiger partial charge in [-0.15, -0.1) is 0 Å². The average molecular weight is 439 g/mol. The van der Waals surface area contributed by atoms with Crippen molar-refractivity contribution in [3.05, 3.63) is 35.5 Å². The van der Waals surface area contributed by atoms with E-state index in [0.29, 0.717) is 29.1 Å². The average Bonchev–Trinajstić information content (AvgIpc) is 3.08. The fraction of sp³-hybridized carbons (Fsp3) is 0.767. The molecular weight excluding hydrogens is 392 g/mol. The molecule has 0 N–H and O–H groups in total. The van der Waals surface area contributed by atoms with Crippen LogP contribution in [0.25, 0.3) is 0 Å². The first kappa shape index (κ1) is 23.8. The highest BCUT2D eigenvalue weighted by molar-refractivity contribution is 5.66. The summed E-state index contributed by atoms with van der Waals surface area (Å²) in [6.07, 6.45) is 18.5. The molecule has 3 saturated carbocycles. The second kappa shape index (κ2) is 8.80. The van der Waals surface area contributed by atoms with Crippen LogP contribution < -0.4 is 0 Å². The Morgan fingerprint density at radius 2 is 1.75 bits per heavy atom. The molecule has 178 valence electrons. The molecule has 0 saturated heterocycles. The highest BCUT2D eigenvalue weighted by Crippen LogP contribution is 2.66. The molecule has 0 aliphatic heterocycles. The first-order chi connectivity index (χ1) is 15.1. The van der Waals surface area contributed by atoms with Crippen LogP contribution in [0.15, 0.2) is 35.5 Å². The number of allylic oxidation sites excluding steroid dienone is 5. The highest BCUT2D eigenvalue weighted by Gasteiger charge is 2.56. The molecule has 0 amide bonds. The topological polar surface area (TPSA) is 26.3 Å². The number of fused-ring (bicyclic) bond motifs is 5. The molecule has 8 atom stereocenters. The Morgan fingerprint density at radius 3 is 2.44 bits per heavy atom. The van der Waals surface area contributed by atoms with Gasteiger partial charge in [-0.1, -0.05) is 77.0 Å². The lowest BCUT2D eigenvalue weighted by molar-refractivity contribution is -0.148. The largest absolute Gasteiger partial charge is 0.462 e. The van der Waals surface area contributed by atoms with Gasteiger partial charge in [0.2, 0.25) is 0 Å². The van der Waals surface area contributed by atoms with Crippen molar-refractivity contribution in [2.24, 2.45) is 46.3 Å². The van der Waals surface area contributed by atoms with E-state index in [1.165, 1.54) is 31.3 Å². The Labute approximate surface area is 197 Å². The lowest BCUT2D eigenvalue weighted by atomic mass is 9.50. The van der Waals surface area contributed by atoms with E-state index in [0.717, 1.165) is 31.1 Å². The van der Waals surface area contributed by atoms with E-state index in [9.17, 15) is 4.79 Å². The number of hydrogen-bond donors (Lipinski definition) is 0. The number of hydrogen-bond acceptors (Lipinski definition) is 2. The van der Waals surface area contributed by atoms with E-state index < -0.39 is 0 Å². The number of carbonyl (C=O) groups is 1. The Bertz CT molecular complexity index is 817. The molecule has 0 aromatic rings. The van der Waals surface area contributed by atoms with E-state index in [2.05, 4.69) is 65.8 Å². The number of esters is 1. The quantitative estimate of drug-likeness (QED) is 0.322. The fourth-order valence-corrected chi connectivity index (χ4v) is 7.92. The predicted octanol–water partition coefficient (Wildman–Crippen LogP) is 7.90. The monoisotopic (exact) mass is 438 g/mol. The minimum absolute atomic E-state index is 0.0763. The van der Waals surface area contributed by atoms with E-state index in [1.54, 1.807) is 12.5 Å². The smallest absolute Gasteiger partial charge is 0.302 e. The van der Waals surface area contributed by atoms with Crippen molar-refractivity contribution >= 4 is 5.97 Å². The Balaban J connectivity index is 1.54. The maximum atomic E-state index is 11.5. The van der Waals surface area contributed by atoms with Crippen LogP contribution in [0.4, 0.5) is 0 Å². The first-order valence-corrected chi connectivity index (χ1v) is 13.3. The van der Waals surface area contributed by atoms with Gasteiger partial charge in [0.15, 0.2) is 0 Å². The highest BCUT2D eigenvalue weighted by atomic mass is 16.5. The standard InChI is InChI=1S/C30H46O2/c1-19(2)20(3)8-9-21(4)26-12-13-27-25-11-10-23-18-24(32-22(5)31)14-16-29(23,6)28(25)15-17-30(26,27)7/h8-11,19-21,24,26-28H,12-18H2,1-7H3/b9-8+/t20-,21+,24+,26-,27-,28-,29+,30+/m0/s1. The summed E-state index contributed by atoms with van der Waals surface area (Å²) in [5, 5.41) is 0. The molecule has 0 unspecified atom stereocenters. The van der Waals surface area contributed by atoms with Crippen molar-refractivity contribution in [1.29, 1.82) is 0 Å². The van der Waals surface area contributed by atoms with Gasteiger partial charge in [0, 0.05) is 13.3 Å². The van der Waals surface area contributed by atoms with Gasteiger partial charge in [-0.3, -0.25) is 4.79 Å². The van der Waals surface area contributed by atoms with Crippen molar-refractivity contribution in [2.45, 2.75) is 99.5 Å². The lowest BCUT2D eigenvalue weighted by Crippen LogP contribution is -2.46. The summed E-state index contributed by atoms with van der Waals surface area (Å²) in [6.45, 7) is 16.1. The van der Waals surface area contributed by atoms with Gasteiger partial charge < -0.3 is 4.74 Å². The Morgan fingerprint density at radius 1 is 1.00 bits per heavy atom. The molecule has 0 radical (unpaired) electrons. The maximum absolute atomic E-state index is 11.5. The molecule has 0 aromatic carbocycles. The minimum atomic E-state index is -0.136. The lowest BCUT2D eigenvalue weighted by Gasteiger charge is -2.55. The number of carbonyl (C=O) groups excluding carboxylic acids is 1. The maximum Gasteiger partial charge on any atom is 0.302 e. The summed E-state index contributed by atoms with van der Waals surface area (Å²) >= 11 is 0. The summed E-state index contributed by atoms with van der Waals surface area (Å²) in [5.41, 5.74) is 3.98. The van der Waals surface area contributed by atoms with Crippen molar-refractivity contribution in [3.8, 4) is 0 Å². The van der Waals surface area contributed by atoms with E-state index in [-0.39, 0.29) is 17.5 Å². The molecule has 4 rings (SSSR count). The van der Waals surface area contributed by atoms with Crippen LogP contribution >= 0.6 is 0 Å². The Hall–Kier alpha value is -1.31. The molecule has 4 aliphatic carbocycles. The van der Waals surface area contributed by atoms with Crippen LogP contribution in [-0.2, 0) is 9.53 Å². The van der Waals surface area contributed by atoms with Gasteiger partial charge in [0.05, 0.1) is 0 Å². The van der Waals surface area contributed by atoms with Gasteiger partial charge in [-0.05, 0) is 84.9 Å². The molecule has 0 heterocycles. The van der Waals surface area contributed by atoms with Crippen molar-refractivity contribution in [2.75, 3.05) is 0 Å². The summed E-state index contributed by atoms with van der Waals surface area (Å²) in [5.74, 6) is 4.11. The van der Waals surface area contributed by atoms with Crippen LogP contribution in [0.2, 0.25) is 0 Å². The van der Waals surface area contributed by atoms with Gasteiger partial charge in [-0.2, -0.15) is 0 Å². The summed E-state index contributed by atoms with van der Waals surface area (Å²) in [6, 6.07) is 0. The SMILES string of the molecule is CC(=O)O[C@@H]1CC[C@]2(C)C(=CC=C3[C@@H]4CC[C@@H]([C@H](C)/C=C/[C@H](C)C(C)C)[C@@]4(C)CC[C@@H]32)C1. The van der Waals surface area contributed by atoms with Gasteiger partial charge in [-0.25, -0.2) is 0 Å². The third-order valence-electron chi connectivity index (χ3n) is 10.3. The summed E-state index contributed by atoms with van der Waals surface area (Å²) in [7, 11) is 0. The van der Waals surface area contributed by atoms with Crippen LogP contribution in [0.1, 0.15) is 93.4 Å². The van der Waals surface area contributed by atoms with Crippen LogP contribution in [0, 0.1) is 46.3 Å². The van der Waals surface area contributed by atoms with E-state index in [4.69, 9.17) is 4.74 Å². The minimum Gasteiger partial charge on any atom is -0.462 e. The second-order valence-corrected chi connectivity index (χ2v) is 12.4. The van der Waals surface area contributed by atoms with Gasteiger partial charge in [0.1, 0.15) is 6.10 Å². The van der Waals surface area contributed by atoms with Crippen LogP contribution in [-0.4, -0.2) is 12.1 Å². The van der Waals surface area contributed by atoms with Crippen LogP contribution in [0.3, 0.4) is 0 Å². The summed E-state index contributed by atoms with van der Waals surface area (Å²) in [4.78, 5) is 11.5.